The minimum absolute atomic E-state index is 0.919. The van der Waals surface area contributed by atoms with Crippen molar-refractivity contribution in [2.75, 3.05) is 0 Å². The van der Waals surface area contributed by atoms with Crippen molar-refractivity contribution in [3.63, 3.8) is 0 Å². The Hall–Kier alpha value is -1.35. The maximum Gasteiger partial charge on any atom is 0.0259 e. The summed E-state index contributed by atoms with van der Waals surface area (Å²) in [6.45, 7) is 3.91. The molecule has 0 N–H and O–H groups in total. The zero-order valence-corrected chi connectivity index (χ0v) is 12.9. The molecule has 0 aliphatic heterocycles. The lowest BCUT2D eigenvalue weighted by molar-refractivity contribution is 1.33. The van der Waals surface area contributed by atoms with Crippen LogP contribution in [-0.2, 0) is 10.8 Å². The standard InChI is InChI=1S/C18H15I/c1-2-7-13-14-8-3-5-10-16(14)18(12-19)17-11-6-4-9-15(13)17/h2-6,8-11H,1,7,12H2. The molecule has 0 amide bonds. The van der Waals surface area contributed by atoms with E-state index in [1.54, 1.807) is 0 Å². The minimum atomic E-state index is 0.919. The molecule has 0 nitrogen and oxygen atoms in total. The van der Waals surface area contributed by atoms with Crippen LogP contribution >= 0.6 is 22.6 Å². The molecule has 3 aromatic carbocycles. The van der Waals surface area contributed by atoms with Gasteiger partial charge in [-0.1, -0.05) is 77.2 Å². The molecule has 1 heteroatoms. The largest absolute Gasteiger partial charge is 0.103 e. The number of rotatable bonds is 3. The molecular formula is C18H15I. The maximum atomic E-state index is 3.91. The van der Waals surface area contributed by atoms with Crippen molar-refractivity contribution in [2.45, 2.75) is 10.8 Å². The molecule has 0 heterocycles. The molecule has 0 aliphatic carbocycles. The van der Waals surface area contributed by atoms with Gasteiger partial charge in [-0.05, 0) is 39.1 Å². The highest BCUT2D eigenvalue weighted by Gasteiger charge is 2.11. The van der Waals surface area contributed by atoms with Gasteiger partial charge in [0.1, 0.15) is 0 Å². The zero-order chi connectivity index (χ0) is 13.2. The maximum absolute atomic E-state index is 3.91. The van der Waals surface area contributed by atoms with E-state index in [0.717, 1.165) is 10.8 Å². The van der Waals surface area contributed by atoms with Crippen LogP contribution in [0.4, 0.5) is 0 Å². The number of halogens is 1. The van der Waals surface area contributed by atoms with Crippen LogP contribution in [0.1, 0.15) is 11.1 Å². The van der Waals surface area contributed by atoms with Crippen LogP contribution in [-0.4, -0.2) is 0 Å². The van der Waals surface area contributed by atoms with E-state index in [1.807, 2.05) is 6.08 Å². The van der Waals surface area contributed by atoms with E-state index in [9.17, 15) is 0 Å². The summed E-state index contributed by atoms with van der Waals surface area (Å²) in [6.07, 6.45) is 2.92. The first-order valence-electron chi connectivity index (χ1n) is 6.45. The Balaban J connectivity index is 2.57. The molecule has 3 aromatic rings. The van der Waals surface area contributed by atoms with E-state index in [4.69, 9.17) is 0 Å². The van der Waals surface area contributed by atoms with Crippen molar-refractivity contribution in [3.8, 4) is 0 Å². The molecule has 94 valence electrons. The van der Waals surface area contributed by atoms with Gasteiger partial charge >= 0.3 is 0 Å². The summed E-state index contributed by atoms with van der Waals surface area (Å²) >= 11 is 2.46. The van der Waals surface area contributed by atoms with Crippen LogP contribution in [0.25, 0.3) is 21.5 Å². The van der Waals surface area contributed by atoms with Gasteiger partial charge < -0.3 is 0 Å². The molecule has 3 rings (SSSR count). The van der Waals surface area contributed by atoms with Crippen molar-refractivity contribution in [1.29, 1.82) is 0 Å². The Bertz CT molecular complexity index is 699. The summed E-state index contributed by atoms with van der Waals surface area (Å²) in [6, 6.07) is 17.5. The third kappa shape index (κ3) is 2.06. The van der Waals surface area contributed by atoms with Gasteiger partial charge in [-0.25, -0.2) is 0 Å². The molecule has 0 unspecified atom stereocenters. The fourth-order valence-electron chi connectivity index (χ4n) is 2.82. The monoisotopic (exact) mass is 358 g/mol. The van der Waals surface area contributed by atoms with Crippen molar-refractivity contribution in [2.24, 2.45) is 0 Å². The average Bonchev–Trinajstić information content (AvgIpc) is 2.47. The number of benzene rings is 3. The molecular weight excluding hydrogens is 343 g/mol. The van der Waals surface area contributed by atoms with Gasteiger partial charge in [-0.2, -0.15) is 0 Å². The third-order valence-corrected chi connectivity index (χ3v) is 4.40. The van der Waals surface area contributed by atoms with Gasteiger partial charge in [-0.15, -0.1) is 6.58 Å². The predicted octanol–water partition coefficient (Wildman–Crippen LogP) is 5.66. The normalized spacial score (nSPS) is 11.0. The second-order valence-electron chi connectivity index (χ2n) is 4.67. The molecule has 19 heavy (non-hydrogen) atoms. The van der Waals surface area contributed by atoms with E-state index in [-0.39, 0.29) is 0 Å². The van der Waals surface area contributed by atoms with Crippen LogP contribution in [0.2, 0.25) is 0 Å². The molecule has 0 aromatic heterocycles. The fourth-order valence-corrected chi connectivity index (χ4v) is 3.64. The average molecular weight is 358 g/mol. The lowest BCUT2D eigenvalue weighted by atomic mass is 9.91. The second-order valence-corrected chi connectivity index (χ2v) is 5.44. The van der Waals surface area contributed by atoms with Crippen molar-refractivity contribution in [1.82, 2.24) is 0 Å². The van der Waals surface area contributed by atoms with Crippen LogP contribution in [0.5, 0.6) is 0 Å². The van der Waals surface area contributed by atoms with Crippen molar-refractivity contribution < 1.29 is 0 Å². The molecule has 0 fully saturated rings. The summed E-state index contributed by atoms with van der Waals surface area (Å²) in [4.78, 5) is 0. The predicted molar refractivity (Wildman–Crippen MR) is 93.1 cm³/mol. The van der Waals surface area contributed by atoms with Crippen LogP contribution in [0.3, 0.4) is 0 Å². The Morgan fingerprint density at radius 2 is 1.21 bits per heavy atom. The number of hydrogen-bond donors (Lipinski definition) is 0. The summed E-state index contributed by atoms with van der Waals surface area (Å²) < 4.78 is 1.03. The third-order valence-electron chi connectivity index (χ3n) is 3.64. The molecule has 0 atom stereocenters. The Labute approximate surface area is 127 Å². The highest BCUT2D eigenvalue weighted by molar-refractivity contribution is 14.1. The molecule has 0 saturated heterocycles. The van der Waals surface area contributed by atoms with E-state index < -0.39 is 0 Å². The van der Waals surface area contributed by atoms with E-state index >= 15 is 0 Å². The summed E-state index contributed by atoms with van der Waals surface area (Å²) in [5.74, 6) is 0. The molecule has 0 aliphatic rings. The van der Waals surface area contributed by atoms with Gasteiger partial charge in [0, 0.05) is 4.43 Å². The first kappa shape index (κ1) is 12.7. The topological polar surface area (TPSA) is 0 Å². The number of hydrogen-bond acceptors (Lipinski definition) is 0. The second kappa shape index (κ2) is 5.33. The fraction of sp³-hybridized carbons (Fsp3) is 0.111. The van der Waals surface area contributed by atoms with Crippen LogP contribution in [0, 0.1) is 0 Å². The molecule has 0 bridgehead atoms. The van der Waals surface area contributed by atoms with Gasteiger partial charge in [0.05, 0.1) is 0 Å². The number of fused-ring (bicyclic) bond motifs is 2. The smallest absolute Gasteiger partial charge is 0.0259 e. The van der Waals surface area contributed by atoms with Gasteiger partial charge in [0.25, 0.3) is 0 Å². The lowest BCUT2D eigenvalue weighted by Crippen LogP contribution is -1.93. The lowest BCUT2D eigenvalue weighted by Gasteiger charge is -2.14. The quantitative estimate of drug-likeness (QED) is 0.245. The molecule has 0 radical (unpaired) electrons. The van der Waals surface area contributed by atoms with Crippen molar-refractivity contribution >= 4 is 44.1 Å². The Morgan fingerprint density at radius 3 is 1.58 bits per heavy atom. The first-order valence-corrected chi connectivity index (χ1v) is 7.97. The van der Waals surface area contributed by atoms with Gasteiger partial charge in [-0.3, -0.25) is 0 Å². The van der Waals surface area contributed by atoms with Crippen LogP contribution in [0.15, 0.2) is 61.2 Å². The number of allylic oxidation sites excluding steroid dienone is 1. The Kier molecular flexibility index (Phi) is 3.56. The van der Waals surface area contributed by atoms with E-state index in [1.165, 1.54) is 32.7 Å². The zero-order valence-electron chi connectivity index (χ0n) is 10.7. The molecule has 0 spiro atoms. The highest BCUT2D eigenvalue weighted by atomic mass is 127. The van der Waals surface area contributed by atoms with Crippen molar-refractivity contribution in [3.05, 3.63) is 72.3 Å². The summed E-state index contributed by atoms with van der Waals surface area (Å²) in [5.41, 5.74) is 2.84. The Morgan fingerprint density at radius 1 is 0.789 bits per heavy atom. The summed E-state index contributed by atoms with van der Waals surface area (Å²) in [7, 11) is 0. The number of alkyl halides is 1. The van der Waals surface area contributed by atoms with Crippen LogP contribution < -0.4 is 0 Å². The SMILES string of the molecule is C=CCc1c2ccccc2c(CI)c2ccccc12. The first-order chi connectivity index (χ1) is 9.36. The minimum Gasteiger partial charge on any atom is -0.103 e. The molecule has 0 saturated carbocycles. The van der Waals surface area contributed by atoms with E-state index in [0.29, 0.717) is 0 Å². The summed E-state index contributed by atoms with van der Waals surface area (Å²) in [5, 5.41) is 5.50. The highest BCUT2D eigenvalue weighted by Crippen LogP contribution is 2.34. The van der Waals surface area contributed by atoms with Gasteiger partial charge in [0.2, 0.25) is 0 Å². The van der Waals surface area contributed by atoms with Gasteiger partial charge in [0.15, 0.2) is 0 Å². The van der Waals surface area contributed by atoms with E-state index in [2.05, 4.69) is 77.7 Å².